The van der Waals surface area contributed by atoms with Gasteiger partial charge in [-0.3, -0.25) is 4.79 Å². The molecule has 1 N–H and O–H groups in total. The Kier molecular flexibility index (Phi) is 3.62. The van der Waals surface area contributed by atoms with E-state index in [1.807, 2.05) is 4.90 Å². The highest BCUT2D eigenvalue weighted by Crippen LogP contribution is 2.27. The lowest BCUT2D eigenvalue weighted by Gasteiger charge is -2.37. The van der Waals surface area contributed by atoms with Gasteiger partial charge in [0, 0.05) is 12.6 Å². The van der Waals surface area contributed by atoms with Crippen molar-refractivity contribution in [2.75, 3.05) is 19.6 Å². The number of amides is 1. The molecule has 0 aromatic carbocycles. The quantitative estimate of drug-likeness (QED) is 0.718. The van der Waals surface area contributed by atoms with Crippen LogP contribution < -0.4 is 5.32 Å². The molecule has 2 aliphatic rings. The second kappa shape index (κ2) is 4.97. The van der Waals surface area contributed by atoms with E-state index in [1.54, 1.807) is 0 Å². The van der Waals surface area contributed by atoms with Crippen molar-refractivity contribution in [2.24, 2.45) is 5.92 Å². The van der Waals surface area contributed by atoms with E-state index in [0.29, 0.717) is 18.5 Å². The van der Waals surface area contributed by atoms with Crippen molar-refractivity contribution in [3.8, 4) is 0 Å². The fourth-order valence-electron chi connectivity index (χ4n) is 2.14. The zero-order valence-electron chi connectivity index (χ0n) is 9.67. The van der Waals surface area contributed by atoms with Crippen LogP contribution in [0.5, 0.6) is 0 Å². The Hall–Kier alpha value is -0.570. The average Bonchev–Trinajstić information content (AvgIpc) is 2.94. The average molecular weight is 210 g/mol. The van der Waals surface area contributed by atoms with Crippen LogP contribution in [0.1, 0.15) is 39.0 Å². The zero-order chi connectivity index (χ0) is 10.7. The van der Waals surface area contributed by atoms with Gasteiger partial charge in [-0.25, -0.2) is 0 Å². The van der Waals surface area contributed by atoms with E-state index in [2.05, 4.69) is 12.2 Å². The number of nitrogens with one attached hydrogen (secondary N) is 1. The molecule has 86 valence electrons. The third kappa shape index (κ3) is 2.94. The molecule has 0 aromatic heterocycles. The summed E-state index contributed by atoms with van der Waals surface area (Å²) < 4.78 is 0. The maximum absolute atomic E-state index is 11.9. The molecule has 0 unspecified atom stereocenters. The van der Waals surface area contributed by atoms with Crippen LogP contribution in [-0.4, -0.2) is 36.5 Å². The number of carbonyl (C=O) groups is 1. The van der Waals surface area contributed by atoms with Crippen LogP contribution in [0.3, 0.4) is 0 Å². The SMILES string of the molecule is CCN(C(=O)CNCC1CC1)C1CCC1. The number of nitrogens with zero attached hydrogens (tertiary/aromatic N) is 1. The molecule has 0 aliphatic heterocycles. The first-order chi connectivity index (χ1) is 7.31. The van der Waals surface area contributed by atoms with E-state index in [9.17, 15) is 4.79 Å². The molecule has 3 nitrogen and oxygen atoms in total. The number of rotatable bonds is 6. The van der Waals surface area contributed by atoms with E-state index in [1.165, 1.54) is 32.1 Å². The molecular weight excluding hydrogens is 188 g/mol. The summed E-state index contributed by atoms with van der Waals surface area (Å²) in [5.74, 6) is 1.15. The van der Waals surface area contributed by atoms with E-state index < -0.39 is 0 Å². The van der Waals surface area contributed by atoms with Gasteiger partial charge in [0.25, 0.3) is 0 Å². The van der Waals surface area contributed by atoms with Crippen LogP contribution in [0, 0.1) is 5.92 Å². The number of carbonyl (C=O) groups excluding carboxylic acids is 1. The minimum Gasteiger partial charge on any atom is -0.339 e. The third-order valence-corrected chi connectivity index (χ3v) is 3.58. The van der Waals surface area contributed by atoms with Gasteiger partial charge in [-0.2, -0.15) is 0 Å². The summed E-state index contributed by atoms with van der Waals surface area (Å²) in [6.45, 7) is 4.53. The summed E-state index contributed by atoms with van der Waals surface area (Å²) in [5.41, 5.74) is 0. The molecule has 2 aliphatic carbocycles. The normalized spacial score (nSPS) is 21.1. The Morgan fingerprint density at radius 2 is 2.07 bits per heavy atom. The van der Waals surface area contributed by atoms with Crippen LogP contribution in [0.2, 0.25) is 0 Å². The largest absolute Gasteiger partial charge is 0.339 e. The first-order valence-corrected chi connectivity index (χ1v) is 6.31. The predicted octanol–water partition coefficient (Wildman–Crippen LogP) is 1.39. The highest BCUT2D eigenvalue weighted by atomic mass is 16.2. The van der Waals surface area contributed by atoms with Crippen LogP contribution in [0.25, 0.3) is 0 Å². The number of hydrogen-bond acceptors (Lipinski definition) is 2. The maximum atomic E-state index is 11.9. The zero-order valence-corrected chi connectivity index (χ0v) is 9.67. The molecule has 0 radical (unpaired) electrons. The molecule has 2 fully saturated rings. The Morgan fingerprint density at radius 3 is 2.53 bits per heavy atom. The third-order valence-electron chi connectivity index (χ3n) is 3.58. The Labute approximate surface area is 92.2 Å². The topological polar surface area (TPSA) is 32.3 Å². The highest BCUT2D eigenvalue weighted by Gasteiger charge is 2.27. The summed E-state index contributed by atoms with van der Waals surface area (Å²) in [6, 6.07) is 0.547. The molecule has 15 heavy (non-hydrogen) atoms. The lowest BCUT2D eigenvalue weighted by molar-refractivity contribution is -0.133. The summed E-state index contributed by atoms with van der Waals surface area (Å²) in [4.78, 5) is 13.9. The highest BCUT2D eigenvalue weighted by molar-refractivity contribution is 5.78. The molecule has 0 atom stereocenters. The van der Waals surface area contributed by atoms with Crippen molar-refractivity contribution < 1.29 is 4.79 Å². The van der Waals surface area contributed by atoms with Gasteiger partial charge < -0.3 is 10.2 Å². The Balaban J connectivity index is 1.66. The van der Waals surface area contributed by atoms with Gasteiger partial charge in [-0.05, 0) is 51.5 Å². The van der Waals surface area contributed by atoms with Crippen LogP contribution in [0.15, 0.2) is 0 Å². The van der Waals surface area contributed by atoms with Gasteiger partial charge in [0.15, 0.2) is 0 Å². The molecule has 0 heterocycles. The van der Waals surface area contributed by atoms with Crippen LogP contribution in [0.4, 0.5) is 0 Å². The van der Waals surface area contributed by atoms with Crippen molar-refractivity contribution in [3.63, 3.8) is 0 Å². The molecular formula is C12H22N2O. The molecule has 1 amide bonds. The van der Waals surface area contributed by atoms with Gasteiger partial charge in [0.05, 0.1) is 6.54 Å². The molecule has 2 rings (SSSR count). The minimum absolute atomic E-state index is 0.294. The number of hydrogen-bond donors (Lipinski definition) is 1. The summed E-state index contributed by atoms with van der Waals surface area (Å²) in [5, 5.41) is 3.27. The second-order valence-electron chi connectivity index (χ2n) is 4.84. The van der Waals surface area contributed by atoms with Crippen molar-refractivity contribution in [2.45, 2.75) is 45.1 Å². The first kappa shape index (κ1) is 10.9. The van der Waals surface area contributed by atoms with Gasteiger partial charge in [0.2, 0.25) is 5.91 Å². The molecule has 0 aromatic rings. The minimum atomic E-state index is 0.294. The van der Waals surface area contributed by atoms with Gasteiger partial charge in [0.1, 0.15) is 0 Å². The van der Waals surface area contributed by atoms with Crippen molar-refractivity contribution >= 4 is 5.91 Å². The first-order valence-electron chi connectivity index (χ1n) is 6.31. The maximum Gasteiger partial charge on any atom is 0.236 e. The lowest BCUT2D eigenvalue weighted by Crippen LogP contribution is -2.47. The standard InChI is InChI=1S/C12H22N2O/c1-2-14(11-4-3-5-11)12(15)9-13-8-10-6-7-10/h10-11,13H,2-9H2,1H3. The van der Waals surface area contributed by atoms with Crippen molar-refractivity contribution in [1.82, 2.24) is 10.2 Å². The molecule has 2 saturated carbocycles. The fourth-order valence-corrected chi connectivity index (χ4v) is 2.14. The monoisotopic (exact) mass is 210 g/mol. The van der Waals surface area contributed by atoms with Crippen LogP contribution in [-0.2, 0) is 4.79 Å². The van der Waals surface area contributed by atoms with Crippen molar-refractivity contribution in [3.05, 3.63) is 0 Å². The summed E-state index contributed by atoms with van der Waals surface area (Å²) in [7, 11) is 0. The van der Waals surface area contributed by atoms with Crippen molar-refractivity contribution in [1.29, 1.82) is 0 Å². The lowest BCUT2D eigenvalue weighted by atomic mass is 9.91. The summed E-state index contributed by atoms with van der Waals surface area (Å²) in [6.07, 6.45) is 6.41. The Bertz CT molecular complexity index is 222. The number of likely N-dealkylation sites (N-methyl/N-ethyl adjacent to an activating group) is 1. The fraction of sp³-hybridized carbons (Fsp3) is 0.917. The molecule has 0 spiro atoms. The van der Waals surface area contributed by atoms with E-state index >= 15 is 0 Å². The second-order valence-corrected chi connectivity index (χ2v) is 4.84. The Morgan fingerprint density at radius 1 is 1.33 bits per heavy atom. The smallest absolute Gasteiger partial charge is 0.236 e. The van der Waals surface area contributed by atoms with Gasteiger partial charge in [-0.15, -0.1) is 0 Å². The summed E-state index contributed by atoms with van der Waals surface area (Å²) >= 11 is 0. The van der Waals surface area contributed by atoms with E-state index in [4.69, 9.17) is 0 Å². The van der Waals surface area contributed by atoms with E-state index in [-0.39, 0.29) is 0 Å². The van der Waals surface area contributed by atoms with Gasteiger partial charge >= 0.3 is 0 Å². The van der Waals surface area contributed by atoms with Gasteiger partial charge in [-0.1, -0.05) is 0 Å². The van der Waals surface area contributed by atoms with Crippen LogP contribution >= 0.6 is 0 Å². The molecule has 3 heteroatoms. The molecule has 0 bridgehead atoms. The predicted molar refractivity (Wildman–Crippen MR) is 60.6 cm³/mol. The molecule has 0 saturated heterocycles. The van der Waals surface area contributed by atoms with E-state index in [0.717, 1.165) is 19.0 Å².